The van der Waals surface area contributed by atoms with E-state index in [0.29, 0.717) is 10.6 Å². The number of ether oxygens (including phenoxy) is 1. The van der Waals surface area contributed by atoms with Crippen molar-refractivity contribution >= 4 is 28.9 Å². The molecule has 1 aromatic heterocycles. The number of thiophene rings is 1. The van der Waals surface area contributed by atoms with Gasteiger partial charge in [0.1, 0.15) is 4.88 Å². The summed E-state index contributed by atoms with van der Waals surface area (Å²) in [5.74, 6) is -0.188. The minimum atomic E-state index is -0.421. The number of rotatable bonds is 4. The van der Waals surface area contributed by atoms with Crippen molar-refractivity contribution in [1.29, 1.82) is 0 Å². The number of amides is 1. The molecule has 0 radical (unpaired) electrons. The van der Waals surface area contributed by atoms with Crippen molar-refractivity contribution in [3.63, 3.8) is 0 Å². The van der Waals surface area contributed by atoms with E-state index in [9.17, 15) is 9.59 Å². The van der Waals surface area contributed by atoms with Gasteiger partial charge in [-0.2, -0.15) is 0 Å². The van der Waals surface area contributed by atoms with Gasteiger partial charge in [-0.25, -0.2) is 4.79 Å². The second-order valence-corrected chi connectivity index (χ2v) is 5.92. The van der Waals surface area contributed by atoms with Crippen molar-refractivity contribution in [3.8, 4) is 0 Å². The van der Waals surface area contributed by atoms with E-state index in [1.54, 1.807) is 11.4 Å². The van der Waals surface area contributed by atoms with Gasteiger partial charge >= 0.3 is 5.97 Å². The average molecular weight is 301 g/mol. The maximum absolute atomic E-state index is 12.3. The van der Waals surface area contributed by atoms with Crippen LogP contribution in [0.2, 0.25) is 0 Å². The first kappa shape index (κ1) is 13.8. The Morgan fingerprint density at radius 2 is 2.00 bits per heavy atom. The van der Waals surface area contributed by atoms with Gasteiger partial charge in [-0.3, -0.25) is 4.79 Å². The molecule has 2 atom stereocenters. The molecule has 2 aromatic rings. The molecule has 0 aliphatic heterocycles. The highest BCUT2D eigenvalue weighted by molar-refractivity contribution is 7.12. The van der Waals surface area contributed by atoms with Crippen LogP contribution in [-0.2, 0) is 9.53 Å². The number of carbonyl (C=O) groups excluding carboxylic acids is 2. The number of anilines is 1. The van der Waals surface area contributed by atoms with Crippen LogP contribution in [0.4, 0.5) is 5.69 Å². The average Bonchev–Trinajstić information content (AvgIpc) is 3.20. The molecule has 1 saturated carbocycles. The van der Waals surface area contributed by atoms with Crippen LogP contribution in [0.3, 0.4) is 0 Å². The molecular weight excluding hydrogens is 286 g/mol. The Balaban J connectivity index is 1.66. The van der Waals surface area contributed by atoms with Gasteiger partial charge in [0.05, 0.1) is 12.8 Å². The molecule has 21 heavy (non-hydrogen) atoms. The predicted octanol–water partition coefficient (Wildman–Crippen LogP) is 3.28. The first-order chi connectivity index (χ1) is 10.2. The van der Waals surface area contributed by atoms with E-state index in [1.165, 1.54) is 24.0 Å². The van der Waals surface area contributed by atoms with Gasteiger partial charge in [-0.1, -0.05) is 30.3 Å². The van der Waals surface area contributed by atoms with E-state index < -0.39 is 5.97 Å². The smallest absolute Gasteiger partial charge is 0.350 e. The minimum absolute atomic E-state index is 0.0159. The zero-order chi connectivity index (χ0) is 14.8. The molecule has 4 nitrogen and oxygen atoms in total. The maximum Gasteiger partial charge on any atom is 0.350 e. The van der Waals surface area contributed by atoms with E-state index in [2.05, 4.69) is 5.32 Å². The first-order valence-electron chi connectivity index (χ1n) is 6.72. The zero-order valence-electron chi connectivity index (χ0n) is 11.5. The van der Waals surface area contributed by atoms with Crippen LogP contribution < -0.4 is 5.32 Å². The molecule has 108 valence electrons. The predicted molar refractivity (Wildman–Crippen MR) is 81.6 cm³/mol. The summed E-state index contributed by atoms with van der Waals surface area (Å²) in [5, 5.41) is 4.61. The lowest BCUT2D eigenvalue weighted by Gasteiger charge is -2.05. The van der Waals surface area contributed by atoms with Crippen LogP contribution in [-0.4, -0.2) is 19.0 Å². The van der Waals surface area contributed by atoms with Crippen LogP contribution >= 0.6 is 11.3 Å². The Bertz CT molecular complexity index is 665. The van der Waals surface area contributed by atoms with E-state index >= 15 is 0 Å². The molecule has 1 fully saturated rings. The minimum Gasteiger partial charge on any atom is -0.465 e. The van der Waals surface area contributed by atoms with Crippen molar-refractivity contribution in [2.24, 2.45) is 5.92 Å². The molecule has 1 aromatic carbocycles. The normalized spacial score (nSPS) is 19.9. The summed E-state index contributed by atoms with van der Waals surface area (Å²) in [6.07, 6.45) is 0.855. The monoisotopic (exact) mass is 301 g/mol. The number of carbonyl (C=O) groups is 2. The van der Waals surface area contributed by atoms with Gasteiger partial charge in [-0.05, 0) is 29.3 Å². The Labute approximate surface area is 126 Å². The third-order valence-corrected chi connectivity index (χ3v) is 4.54. The SMILES string of the molecule is COC(=O)c1sccc1NC(=O)C1CC1c1ccccc1. The van der Waals surface area contributed by atoms with E-state index in [0.717, 1.165) is 6.42 Å². The summed E-state index contributed by atoms with van der Waals surface area (Å²) in [7, 11) is 1.33. The number of hydrogen-bond acceptors (Lipinski definition) is 4. The van der Waals surface area contributed by atoms with Crippen molar-refractivity contribution < 1.29 is 14.3 Å². The summed E-state index contributed by atoms with van der Waals surface area (Å²) >= 11 is 1.26. The van der Waals surface area contributed by atoms with Crippen LogP contribution in [0.15, 0.2) is 41.8 Å². The molecular formula is C16H15NO3S. The fraction of sp³-hybridized carbons (Fsp3) is 0.250. The second kappa shape index (κ2) is 5.69. The first-order valence-corrected chi connectivity index (χ1v) is 7.60. The van der Waals surface area contributed by atoms with Crippen molar-refractivity contribution in [3.05, 3.63) is 52.2 Å². The molecule has 1 aliphatic rings. The van der Waals surface area contributed by atoms with Crippen LogP contribution in [0.5, 0.6) is 0 Å². The van der Waals surface area contributed by atoms with Gasteiger partial charge in [0.15, 0.2) is 0 Å². The van der Waals surface area contributed by atoms with E-state index in [4.69, 9.17) is 4.74 Å². The van der Waals surface area contributed by atoms with Gasteiger partial charge in [0, 0.05) is 5.92 Å². The molecule has 1 amide bonds. The Hall–Kier alpha value is -2.14. The highest BCUT2D eigenvalue weighted by Gasteiger charge is 2.44. The fourth-order valence-electron chi connectivity index (χ4n) is 2.44. The second-order valence-electron chi connectivity index (χ2n) is 5.00. The van der Waals surface area contributed by atoms with E-state index in [1.807, 2.05) is 30.3 Å². The summed E-state index contributed by atoms with van der Waals surface area (Å²) in [5.41, 5.74) is 1.73. The number of hydrogen-bond donors (Lipinski definition) is 1. The van der Waals surface area contributed by atoms with Gasteiger partial charge < -0.3 is 10.1 Å². The zero-order valence-corrected chi connectivity index (χ0v) is 12.4. The maximum atomic E-state index is 12.3. The molecule has 5 heteroatoms. The summed E-state index contributed by atoms with van der Waals surface area (Å²) in [6, 6.07) is 11.8. The highest BCUT2D eigenvalue weighted by Crippen LogP contribution is 2.48. The lowest BCUT2D eigenvalue weighted by molar-refractivity contribution is -0.117. The summed E-state index contributed by atoms with van der Waals surface area (Å²) in [4.78, 5) is 24.3. The molecule has 2 unspecified atom stereocenters. The molecule has 1 aliphatic carbocycles. The molecule has 0 spiro atoms. The molecule has 0 saturated heterocycles. The van der Waals surface area contributed by atoms with Gasteiger partial charge in [-0.15, -0.1) is 11.3 Å². The van der Waals surface area contributed by atoms with Crippen molar-refractivity contribution in [1.82, 2.24) is 0 Å². The van der Waals surface area contributed by atoms with Crippen LogP contribution in [0.1, 0.15) is 27.6 Å². The summed E-state index contributed by atoms with van der Waals surface area (Å²) in [6.45, 7) is 0. The van der Waals surface area contributed by atoms with Crippen LogP contribution in [0, 0.1) is 5.92 Å². The lowest BCUT2D eigenvalue weighted by Crippen LogP contribution is -2.16. The van der Waals surface area contributed by atoms with E-state index in [-0.39, 0.29) is 17.7 Å². The molecule has 0 bridgehead atoms. The highest BCUT2D eigenvalue weighted by atomic mass is 32.1. The quantitative estimate of drug-likeness (QED) is 0.882. The third kappa shape index (κ3) is 2.83. The lowest BCUT2D eigenvalue weighted by atomic mass is 10.1. The summed E-state index contributed by atoms with van der Waals surface area (Å²) < 4.78 is 4.70. The van der Waals surface area contributed by atoms with Crippen molar-refractivity contribution in [2.75, 3.05) is 12.4 Å². The number of benzene rings is 1. The standard InChI is InChI=1S/C16H15NO3S/c1-20-16(19)14-13(7-8-21-14)17-15(18)12-9-11(12)10-5-3-2-4-6-10/h2-8,11-12H,9H2,1H3,(H,17,18). The van der Waals surface area contributed by atoms with Crippen LogP contribution in [0.25, 0.3) is 0 Å². The largest absolute Gasteiger partial charge is 0.465 e. The Kier molecular flexibility index (Phi) is 3.75. The fourth-order valence-corrected chi connectivity index (χ4v) is 3.20. The van der Waals surface area contributed by atoms with Gasteiger partial charge in [0.25, 0.3) is 0 Å². The number of nitrogens with one attached hydrogen (secondary N) is 1. The molecule has 1 heterocycles. The molecule has 1 N–H and O–H groups in total. The number of methoxy groups -OCH3 is 1. The molecule has 3 rings (SSSR count). The topological polar surface area (TPSA) is 55.4 Å². The third-order valence-electron chi connectivity index (χ3n) is 3.65. The van der Waals surface area contributed by atoms with Gasteiger partial charge in [0.2, 0.25) is 5.91 Å². The van der Waals surface area contributed by atoms with Crippen molar-refractivity contribution in [2.45, 2.75) is 12.3 Å². The Morgan fingerprint density at radius 3 is 2.71 bits per heavy atom. The Morgan fingerprint density at radius 1 is 1.24 bits per heavy atom. The number of esters is 1.